The summed E-state index contributed by atoms with van der Waals surface area (Å²) < 4.78 is 2.66. The molecule has 0 aliphatic rings. The number of nitrogens with two attached hydrogens (primary N) is 4. The molecule has 0 atom stereocenters. The summed E-state index contributed by atoms with van der Waals surface area (Å²) in [5.74, 6) is 0. The first-order valence-electron chi connectivity index (χ1n) is 5.75. The monoisotopic (exact) mass is 734 g/mol. The van der Waals surface area contributed by atoms with Crippen LogP contribution in [0.25, 0.3) is 24.6 Å². The SMILES string of the molecule is Cc1cn(C)c(=O)[nH]c1=O.Cc1cn(C)c(=O)[nH]c1=O.[NH2-].[NH2-].[NH2-].[NH2-].[Pt+2].[Pt+2]. The Kier molecular flexibility index (Phi) is 25.9. The number of hydrogen-bond donors (Lipinski definition) is 2. The van der Waals surface area contributed by atoms with Crippen molar-refractivity contribution in [2.75, 3.05) is 0 Å². The second-order valence-corrected chi connectivity index (χ2v) is 4.36. The van der Waals surface area contributed by atoms with Crippen LogP contribution in [0.2, 0.25) is 0 Å². The Hall–Kier alpha value is -1.42. The molecular weight excluding hydrogens is 710 g/mol. The smallest absolute Gasteiger partial charge is 0.693 e. The summed E-state index contributed by atoms with van der Waals surface area (Å²) in [4.78, 5) is 47.2. The fourth-order valence-corrected chi connectivity index (χ4v) is 1.38. The van der Waals surface area contributed by atoms with Crippen molar-refractivity contribution in [3.05, 3.63) is 89.8 Å². The molecule has 26 heavy (non-hydrogen) atoms. The molecule has 0 aliphatic carbocycles. The molecule has 156 valence electrons. The fourth-order valence-electron chi connectivity index (χ4n) is 1.38. The summed E-state index contributed by atoms with van der Waals surface area (Å²) in [5.41, 5.74) is -0.304. The summed E-state index contributed by atoms with van der Waals surface area (Å²) in [7, 11) is 3.18. The van der Waals surface area contributed by atoms with E-state index in [9.17, 15) is 19.2 Å². The number of H-pyrrole nitrogens is 2. The molecule has 0 saturated heterocycles. The van der Waals surface area contributed by atoms with Crippen molar-refractivity contribution < 1.29 is 42.1 Å². The van der Waals surface area contributed by atoms with Crippen LogP contribution in [0.5, 0.6) is 0 Å². The van der Waals surface area contributed by atoms with Gasteiger partial charge in [-0.15, -0.1) is 0 Å². The molecule has 0 bridgehead atoms. The maximum Gasteiger partial charge on any atom is 2.00 e. The van der Waals surface area contributed by atoms with Gasteiger partial charge >= 0.3 is 53.5 Å². The minimum absolute atomic E-state index is 0. The van der Waals surface area contributed by atoms with Crippen LogP contribution in [0.4, 0.5) is 0 Å². The van der Waals surface area contributed by atoms with Crippen LogP contribution < -0.4 is 22.5 Å². The topological polar surface area (TPSA) is 244 Å². The van der Waals surface area contributed by atoms with Gasteiger partial charge < -0.3 is 33.7 Å². The van der Waals surface area contributed by atoms with E-state index in [1.54, 1.807) is 27.9 Å². The van der Waals surface area contributed by atoms with Gasteiger partial charge in [0.15, 0.2) is 0 Å². The van der Waals surface area contributed by atoms with Crippen molar-refractivity contribution in [2.24, 2.45) is 14.1 Å². The maximum atomic E-state index is 10.7. The number of nitrogens with zero attached hydrogens (tertiary/aromatic N) is 2. The van der Waals surface area contributed by atoms with Gasteiger partial charge in [-0.25, -0.2) is 9.59 Å². The minimum Gasteiger partial charge on any atom is -0.693 e. The van der Waals surface area contributed by atoms with Crippen LogP contribution in [0.3, 0.4) is 0 Å². The van der Waals surface area contributed by atoms with E-state index >= 15 is 0 Å². The fraction of sp³-hybridized carbons (Fsp3) is 0.333. The molecule has 0 aromatic carbocycles. The molecule has 0 aliphatic heterocycles. The minimum atomic E-state index is -0.379. The zero-order valence-corrected chi connectivity index (χ0v) is 19.2. The van der Waals surface area contributed by atoms with Gasteiger partial charge in [-0.05, 0) is 13.8 Å². The first-order chi connectivity index (χ1) is 9.22. The van der Waals surface area contributed by atoms with Crippen LogP contribution >= 0.6 is 0 Å². The zero-order valence-electron chi connectivity index (χ0n) is 14.6. The van der Waals surface area contributed by atoms with Crippen LogP contribution in [0, 0.1) is 13.8 Å². The van der Waals surface area contributed by atoms with Gasteiger partial charge in [0.25, 0.3) is 11.1 Å². The molecule has 2 rings (SSSR count). The number of hydrogen-bond acceptors (Lipinski definition) is 4. The molecule has 0 amide bonds. The van der Waals surface area contributed by atoms with Gasteiger partial charge in [0.05, 0.1) is 0 Å². The van der Waals surface area contributed by atoms with Gasteiger partial charge in [0, 0.05) is 37.6 Å². The predicted octanol–water partition coefficient (Wildman–Crippen LogP) is 1.63. The van der Waals surface area contributed by atoms with Gasteiger partial charge in [-0.1, -0.05) is 0 Å². The van der Waals surface area contributed by atoms with Crippen LogP contribution in [0.1, 0.15) is 11.1 Å². The van der Waals surface area contributed by atoms with E-state index < -0.39 is 0 Å². The second kappa shape index (κ2) is 17.0. The van der Waals surface area contributed by atoms with Crippen molar-refractivity contribution in [3.63, 3.8) is 0 Å². The molecule has 0 saturated carbocycles. The van der Waals surface area contributed by atoms with Crippen LogP contribution in [-0.2, 0) is 56.2 Å². The summed E-state index contributed by atoms with van der Waals surface area (Å²) in [6.45, 7) is 3.30. The maximum absolute atomic E-state index is 10.7. The molecule has 0 unspecified atom stereocenters. The molecule has 0 spiro atoms. The van der Waals surface area contributed by atoms with Gasteiger partial charge in [0.2, 0.25) is 0 Å². The van der Waals surface area contributed by atoms with E-state index in [0.717, 1.165) is 0 Å². The first-order valence-corrected chi connectivity index (χ1v) is 5.75. The van der Waals surface area contributed by atoms with Crippen molar-refractivity contribution in [1.29, 1.82) is 0 Å². The Labute approximate surface area is 178 Å². The molecule has 0 radical (unpaired) electrons. The molecule has 12 nitrogen and oxygen atoms in total. The zero-order chi connectivity index (χ0) is 15.4. The van der Waals surface area contributed by atoms with Crippen molar-refractivity contribution in [1.82, 2.24) is 19.1 Å². The molecule has 2 aromatic rings. The standard InChI is InChI=1S/2C6H8N2O2.4H2N.2Pt/c2*1-4-3-8(2)6(10)7-5(4)9;;;;;;/h2*3H,1-2H3,(H,7,9,10);4*1H2;;/q;;4*-1;2*+2. The Bertz CT molecular complexity index is 722. The Morgan fingerprint density at radius 3 is 1.08 bits per heavy atom. The molecule has 10 N–H and O–H groups in total. The summed E-state index contributed by atoms with van der Waals surface area (Å²) >= 11 is 0. The van der Waals surface area contributed by atoms with Gasteiger partial charge in [0.1, 0.15) is 0 Å². The number of aromatic amines is 2. The Morgan fingerprint density at radius 2 is 0.885 bits per heavy atom. The van der Waals surface area contributed by atoms with E-state index in [2.05, 4.69) is 9.97 Å². The normalized spacial score (nSPS) is 7.54. The third kappa shape index (κ3) is 11.2. The van der Waals surface area contributed by atoms with E-state index in [-0.39, 0.29) is 89.2 Å². The van der Waals surface area contributed by atoms with Gasteiger partial charge in [-0.2, -0.15) is 0 Å². The molecular formula is C12H24N8O4Pt2. The Balaban J connectivity index is -0.0000000625. The van der Waals surface area contributed by atoms with Crippen molar-refractivity contribution >= 4 is 0 Å². The number of rotatable bonds is 0. The Morgan fingerprint density at radius 1 is 0.654 bits per heavy atom. The molecule has 14 heteroatoms. The van der Waals surface area contributed by atoms with E-state index in [0.29, 0.717) is 11.1 Å². The van der Waals surface area contributed by atoms with Crippen LogP contribution in [0.15, 0.2) is 31.6 Å². The van der Waals surface area contributed by atoms with Crippen LogP contribution in [-0.4, -0.2) is 19.1 Å². The summed E-state index contributed by atoms with van der Waals surface area (Å²) in [6, 6.07) is 0. The van der Waals surface area contributed by atoms with Gasteiger partial charge in [-0.3, -0.25) is 19.6 Å². The summed E-state index contributed by atoms with van der Waals surface area (Å²) in [5, 5.41) is 0. The quantitative estimate of drug-likeness (QED) is 0.410. The molecule has 0 fully saturated rings. The average molecular weight is 735 g/mol. The first kappa shape index (κ1) is 39.6. The van der Waals surface area contributed by atoms with E-state index in [1.165, 1.54) is 21.5 Å². The molecule has 2 heterocycles. The van der Waals surface area contributed by atoms with Crippen molar-refractivity contribution in [2.45, 2.75) is 13.8 Å². The summed E-state index contributed by atoms with van der Waals surface area (Å²) in [6.07, 6.45) is 3.00. The third-order valence-electron chi connectivity index (χ3n) is 2.57. The third-order valence-corrected chi connectivity index (χ3v) is 2.57. The van der Waals surface area contributed by atoms with Crippen molar-refractivity contribution in [3.8, 4) is 0 Å². The second-order valence-electron chi connectivity index (χ2n) is 4.36. The number of nitrogens with one attached hydrogen (secondary N) is 2. The number of aromatic nitrogens is 4. The number of aryl methyl sites for hydroxylation is 4. The molecule has 2 aromatic heterocycles. The predicted molar refractivity (Wildman–Crippen MR) is 95.2 cm³/mol. The van der Waals surface area contributed by atoms with E-state index in [1.807, 2.05) is 0 Å². The average Bonchev–Trinajstić information content (AvgIpc) is 2.35. The van der Waals surface area contributed by atoms with E-state index in [4.69, 9.17) is 0 Å². The largest absolute Gasteiger partial charge is 2.00 e.